The van der Waals surface area contributed by atoms with Crippen molar-refractivity contribution in [1.82, 2.24) is 14.3 Å². The molecular weight excluding hydrogens is 405 g/mol. The van der Waals surface area contributed by atoms with E-state index in [9.17, 15) is 9.18 Å². The van der Waals surface area contributed by atoms with Crippen molar-refractivity contribution in [3.63, 3.8) is 0 Å². The van der Waals surface area contributed by atoms with Gasteiger partial charge in [-0.2, -0.15) is 0 Å². The molecule has 0 N–H and O–H groups in total. The fraction of sp³-hybridized carbons (Fsp3) is 0.364. The first kappa shape index (κ1) is 18.9. The molecule has 4 nitrogen and oxygen atoms in total. The molecule has 1 aliphatic rings. The second kappa shape index (κ2) is 7.63. The number of thiazole rings is 1. The third-order valence-corrected chi connectivity index (χ3v) is 7.72. The summed E-state index contributed by atoms with van der Waals surface area (Å²) in [6.45, 7) is 4.92. The Balaban J connectivity index is 1.24. The second-order valence-electron chi connectivity index (χ2n) is 7.78. The van der Waals surface area contributed by atoms with Gasteiger partial charge in [0.15, 0.2) is 4.96 Å². The average Bonchev–Trinajstić information content (AvgIpc) is 3.30. The van der Waals surface area contributed by atoms with Crippen LogP contribution in [0.3, 0.4) is 0 Å². The van der Waals surface area contributed by atoms with Gasteiger partial charge in [-0.05, 0) is 67.2 Å². The van der Waals surface area contributed by atoms with Crippen LogP contribution in [0.25, 0.3) is 15.0 Å². The molecule has 0 atom stereocenters. The number of hydrogen-bond acceptors (Lipinski definition) is 5. The lowest BCUT2D eigenvalue weighted by Crippen LogP contribution is -2.34. The van der Waals surface area contributed by atoms with Crippen LogP contribution < -0.4 is 5.56 Å². The van der Waals surface area contributed by atoms with E-state index in [4.69, 9.17) is 0 Å². The zero-order chi connectivity index (χ0) is 20.0. The van der Waals surface area contributed by atoms with Gasteiger partial charge in [0, 0.05) is 40.5 Å². The van der Waals surface area contributed by atoms with E-state index in [2.05, 4.69) is 20.6 Å². The summed E-state index contributed by atoms with van der Waals surface area (Å²) in [7, 11) is 0. The van der Waals surface area contributed by atoms with Crippen LogP contribution in [0.15, 0.2) is 39.8 Å². The highest BCUT2D eigenvalue weighted by Gasteiger charge is 2.23. The Morgan fingerprint density at radius 1 is 1.17 bits per heavy atom. The Labute approximate surface area is 176 Å². The lowest BCUT2D eigenvalue weighted by atomic mass is 9.89. The maximum Gasteiger partial charge on any atom is 0.258 e. The van der Waals surface area contributed by atoms with Gasteiger partial charge in [0.25, 0.3) is 5.56 Å². The monoisotopic (exact) mass is 427 g/mol. The van der Waals surface area contributed by atoms with Gasteiger partial charge in [-0.3, -0.25) is 9.20 Å². The summed E-state index contributed by atoms with van der Waals surface area (Å²) in [4.78, 5) is 20.1. The lowest BCUT2D eigenvalue weighted by molar-refractivity contribution is 0.214. The van der Waals surface area contributed by atoms with Crippen LogP contribution in [-0.2, 0) is 6.42 Å². The maximum absolute atomic E-state index is 13.5. The average molecular weight is 428 g/mol. The summed E-state index contributed by atoms with van der Waals surface area (Å²) in [6, 6.07) is 6.74. The molecule has 1 aromatic carbocycles. The molecule has 0 bridgehead atoms. The number of benzene rings is 1. The van der Waals surface area contributed by atoms with Crippen molar-refractivity contribution in [2.24, 2.45) is 0 Å². The SMILES string of the molecule is Cc1cc(=O)n2c(CCN3CCC(c4csc5cc(F)ccc45)CC3)csc2n1. The van der Waals surface area contributed by atoms with Gasteiger partial charge >= 0.3 is 0 Å². The van der Waals surface area contributed by atoms with Crippen LogP contribution >= 0.6 is 22.7 Å². The molecular formula is C22H22FN3OS2. The standard InChI is InChI=1S/C22H22FN3OS2/c1-14-10-21(27)26-17(12-29-22(26)24-14)6-9-25-7-4-15(5-8-25)19-13-28-20-11-16(23)2-3-18(19)20/h2-3,10-13,15H,4-9H2,1H3. The molecule has 0 spiro atoms. The van der Waals surface area contributed by atoms with Crippen LogP contribution in [0.2, 0.25) is 0 Å². The first-order chi connectivity index (χ1) is 14.1. The Bertz CT molecular complexity index is 1230. The lowest BCUT2D eigenvalue weighted by Gasteiger charge is -2.32. The number of hydrogen-bond donors (Lipinski definition) is 0. The van der Waals surface area contributed by atoms with E-state index in [1.807, 2.05) is 13.0 Å². The van der Waals surface area contributed by atoms with Gasteiger partial charge in [-0.1, -0.05) is 6.07 Å². The van der Waals surface area contributed by atoms with Crippen molar-refractivity contribution in [2.75, 3.05) is 19.6 Å². The third-order valence-electron chi connectivity index (χ3n) is 5.88. The summed E-state index contributed by atoms with van der Waals surface area (Å²) in [5.41, 5.74) is 3.22. The van der Waals surface area contributed by atoms with E-state index in [1.165, 1.54) is 22.3 Å². The number of aromatic nitrogens is 2. The summed E-state index contributed by atoms with van der Waals surface area (Å²) < 4.78 is 16.3. The first-order valence-corrected chi connectivity index (χ1v) is 11.7. The van der Waals surface area contributed by atoms with Crippen molar-refractivity contribution in [3.8, 4) is 0 Å². The number of nitrogens with zero attached hydrogens (tertiary/aromatic N) is 3. The zero-order valence-electron chi connectivity index (χ0n) is 16.2. The van der Waals surface area contributed by atoms with Gasteiger partial charge in [0.2, 0.25) is 0 Å². The van der Waals surface area contributed by atoms with Gasteiger partial charge in [0.05, 0.1) is 0 Å². The van der Waals surface area contributed by atoms with Gasteiger partial charge < -0.3 is 4.90 Å². The highest BCUT2D eigenvalue weighted by Crippen LogP contribution is 2.37. The van der Waals surface area contributed by atoms with Crippen molar-refractivity contribution in [2.45, 2.75) is 32.1 Å². The molecule has 1 aliphatic heterocycles. The fourth-order valence-electron chi connectivity index (χ4n) is 4.34. The molecule has 1 fully saturated rings. The van der Waals surface area contributed by atoms with Gasteiger partial charge in [0.1, 0.15) is 5.82 Å². The molecule has 5 rings (SSSR count). The molecule has 150 valence electrons. The number of thiophene rings is 1. The minimum Gasteiger partial charge on any atom is -0.303 e. The minimum absolute atomic E-state index is 0.0169. The summed E-state index contributed by atoms with van der Waals surface area (Å²) in [5, 5.41) is 5.48. The molecule has 7 heteroatoms. The molecule has 0 amide bonds. The Kier molecular flexibility index (Phi) is 4.97. The van der Waals surface area contributed by atoms with E-state index in [0.29, 0.717) is 5.92 Å². The van der Waals surface area contributed by atoms with E-state index >= 15 is 0 Å². The van der Waals surface area contributed by atoms with E-state index in [-0.39, 0.29) is 11.4 Å². The number of rotatable bonds is 4. The van der Waals surface area contributed by atoms with E-state index in [0.717, 1.165) is 59.9 Å². The number of piperidine rings is 1. The van der Waals surface area contributed by atoms with Crippen LogP contribution in [0, 0.1) is 12.7 Å². The Morgan fingerprint density at radius 3 is 2.83 bits per heavy atom. The van der Waals surface area contributed by atoms with Crippen LogP contribution in [0.1, 0.15) is 35.7 Å². The quantitative estimate of drug-likeness (QED) is 0.468. The van der Waals surface area contributed by atoms with Crippen LogP contribution in [-0.4, -0.2) is 33.9 Å². The molecule has 4 aromatic rings. The van der Waals surface area contributed by atoms with Crippen molar-refractivity contribution >= 4 is 37.7 Å². The highest BCUT2D eigenvalue weighted by molar-refractivity contribution is 7.17. The largest absolute Gasteiger partial charge is 0.303 e. The number of halogens is 1. The molecule has 4 heterocycles. The Morgan fingerprint density at radius 2 is 2.00 bits per heavy atom. The fourth-order valence-corrected chi connectivity index (χ4v) is 6.38. The van der Waals surface area contributed by atoms with Gasteiger partial charge in [-0.25, -0.2) is 9.37 Å². The highest BCUT2D eigenvalue weighted by atomic mass is 32.1. The molecule has 0 unspecified atom stereocenters. The number of likely N-dealkylation sites (tertiary alicyclic amines) is 1. The predicted molar refractivity (Wildman–Crippen MR) is 118 cm³/mol. The second-order valence-corrected chi connectivity index (χ2v) is 9.53. The van der Waals surface area contributed by atoms with Crippen LogP contribution in [0.4, 0.5) is 4.39 Å². The smallest absolute Gasteiger partial charge is 0.258 e. The van der Waals surface area contributed by atoms with Crippen molar-refractivity contribution in [1.29, 1.82) is 0 Å². The molecule has 0 saturated carbocycles. The van der Waals surface area contributed by atoms with Crippen molar-refractivity contribution in [3.05, 3.63) is 68.1 Å². The normalized spacial score (nSPS) is 16.2. The topological polar surface area (TPSA) is 37.6 Å². The molecule has 1 saturated heterocycles. The molecule has 29 heavy (non-hydrogen) atoms. The molecule has 0 aliphatic carbocycles. The maximum atomic E-state index is 13.5. The summed E-state index contributed by atoms with van der Waals surface area (Å²) in [5.74, 6) is 0.383. The van der Waals surface area contributed by atoms with Crippen molar-refractivity contribution < 1.29 is 4.39 Å². The number of aryl methyl sites for hydroxylation is 1. The number of fused-ring (bicyclic) bond motifs is 2. The summed E-state index contributed by atoms with van der Waals surface area (Å²) in [6.07, 6.45) is 3.10. The predicted octanol–water partition coefficient (Wildman–Crippen LogP) is 4.84. The summed E-state index contributed by atoms with van der Waals surface area (Å²) >= 11 is 3.18. The minimum atomic E-state index is -0.161. The molecule has 0 radical (unpaired) electrons. The van der Waals surface area contributed by atoms with Crippen LogP contribution in [0.5, 0.6) is 0 Å². The zero-order valence-corrected chi connectivity index (χ0v) is 17.9. The van der Waals surface area contributed by atoms with E-state index in [1.54, 1.807) is 33.9 Å². The van der Waals surface area contributed by atoms with E-state index < -0.39 is 0 Å². The van der Waals surface area contributed by atoms with Gasteiger partial charge in [-0.15, -0.1) is 22.7 Å². The Hall–Kier alpha value is -2.09. The first-order valence-electron chi connectivity index (χ1n) is 9.94. The molecule has 3 aromatic heterocycles. The third kappa shape index (κ3) is 3.63.